The molecule has 4 nitrogen and oxygen atoms in total. The Morgan fingerprint density at radius 1 is 1.13 bits per heavy atom. The molecule has 1 N–H and O–H groups in total. The van der Waals surface area contributed by atoms with Crippen molar-refractivity contribution in [2.75, 3.05) is 13.6 Å². The lowest BCUT2D eigenvalue weighted by molar-refractivity contribution is -0.138. The van der Waals surface area contributed by atoms with E-state index in [2.05, 4.69) is 6.92 Å². The standard InChI is InChI=1S/C11H21NO3/c1-3-4-5-6-7-10(13)12(2)9-8-11(14)15/h3-9H2,1-2H3,(H,14,15). The third-order valence-electron chi connectivity index (χ3n) is 2.33. The average Bonchev–Trinajstić information content (AvgIpc) is 2.20. The fourth-order valence-corrected chi connectivity index (χ4v) is 1.28. The van der Waals surface area contributed by atoms with Gasteiger partial charge in [-0.15, -0.1) is 0 Å². The van der Waals surface area contributed by atoms with Gasteiger partial charge in [0.2, 0.25) is 5.91 Å². The van der Waals surface area contributed by atoms with Crippen LogP contribution in [0.1, 0.15) is 45.4 Å². The van der Waals surface area contributed by atoms with Crippen LogP contribution in [0.4, 0.5) is 0 Å². The topological polar surface area (TPSA) is 57.6 Å². The van der Waals surface area contributed by atoms with E-state index in [1.54, 1.807) is 7.05 Å². The van der Waals surface area contributed by atoms with Gasteiger partial charge < -0.3 is 10.0 Å². The fraction of sp³-hybridized carbons (Fsp3) is 0.818. The molecular formula is C11H21NO3. The number of carboxylic acids is 1. The van der Waals surface area contributed by atoms with E-state index in [1.165, 1.54) is 4.90 Å². The van der Waals surface area contributed by atoms with Crippen LogP contribution in [0.25, 0.3) is 0 Å². The van der Waals surface area contributed by atoms with Gasteiger partial charge in [0.05, 0.1) is 6.42 Å². The van der Waals surface area contributed by atoms with Crippen molar-refractivity contribution in [1.29, 1.82) is 0 Å². The second-order valence-corrected chi connectivity index (χ2v) is 3.77. The maximum atomic E-state index is 11.5. The number of carbonyl (C=O) groups excluding carboxylic acids is 1. The van der Waals surface area contributed by atoms with Gasteiger partial charge in [0.15, 0.2) is 0 Å². The highest BCUT2D eigenvalue weighted by molar-refractivity contribution is 5.76. The van der Waals surface area contributed by atoms with E-state index in [4.69, 9.17) is 5.11 Å². The third kappa shape index (κ3) is 7.97. The molecule has 0 aromatic carbocycles. The number of nitrogens with zero attached hydrogens (tertiary/aromatic N) is 1. The lowest BCUT2D eigenvalue weighted by Gasteiger charge is -2.15. The molecule has 0 aromatic rings. The molecule has 0 bridgehead atoms. The van der Waals surface area contributed by atoms with E-state index in [-0.39, 0.29) is 12.3 Å². The van der Waals surface area contributed by atoms with Gasteiger partial charge in [-0.2, -0.15) is 0 Å². The molecule has 1 amide bonds. The van der Waals surface area contributed by atoms with Crippen LogP contribution in [-0.2, 0) is 9.59 Å². The van der Waals surface area contributed by atoms with Crippen molar-refractivity contribution in [3.05, 3.63) is 0 Å². The zero-order chi connectivity index (χ0) is 11.7. The lowest BCUT2D eigenvalue weighted by Crippen LogP contribution is -2.28. The fourth-order valence-electron chi connectivity index (χ4n) is 1.28. The predicted molar refractivity (Wildman–Crippen MR) is 58.6 cm³/mol. The van der Waals surface area contributed by atoms with Crippen molar-refractivity contribution in [3.63, 3.8) is 0 Å². The second-order valence-electron chi connectivity index (χ2n) is 3.77. The summed E-state index contributed by atoms with van der Waals surface area (Å²) in [5.74, 6) is -0.812. The van der Waals surface area contributed by atoms with E-state index < -0.39 is 5.97 Å². The second kappa shape index (κ2) is 8.26. The molecule has 0 rings (SSSR count). The summed E-state index contributed by atoms with van der Waals surface area (Å²) in [4.78, 5) is 23.2. The Morgan fingerprint density at radius 3 is 2.33 bits per heavy atom. The number of hydrogen-bond donors (Lipinski definition) is 1. The van der Waals surface area contributed by atoms with Crippen molar-refractivity contribution < 1.29 is 14.7 Å². The van der Waals surface area contributed by atoms with Crippen molar-refractivity contribution >= 4 is 11.9 Å². The minimum Gasteiger partial charge on any atom is -0.481 e. The number of carbonyl (C=O) groups is 2. The van der Waals surface area contributed by atoms with Crippen LogP contribution in [0, 0.1) is 0 Å². The Hall–Kier alpha value is -1.06. The number of hydrogen-bond acceptors (Lipinski definition) is 2. The summed E-state index contributed by atoms with van der Waals surface area (Å²) < 4.78 is 0. The molecule has 0 aliphatic carbocycles. The van der Waals surface area contributed by atoms with Crippen LogP contribution >= 0.6 is 0 Å². The number of carboxylic acid groups (broad SMARTS) is 1. The highest BCUT2D eigenvalue weighted by Gasteiger charge is 2.09. The minimum absolute atomic E-state index is 0.0250. The molecule has 0 aromatic heterocycles. The van der Waals surface area contributed by atoms with Crippen molar-refractivity contribution in [2.24, 2.45) is 0 Å². The monoisotopic (exact) mass is 215 g/mol. The molecule has 88 valence electrons. The molecule has 0 aliphatic rings. The largest absolute Gasteiger partial charge is 0.481 e. The molecule has 0 aliphatic heterocycles. The molecule has 15 heavy (non-hydrogen) atoms. The SMILES string of the molecule is CCCCCCC(=O)N(C)CCC(=O)O. The normalized spacial score (nSPS) is 10.0. The summed E-state index contributed by atoms with van der Waals surface area (Å²) in [6, 6.07) is 0. The predicted octanol–water partition coefficient (Wildman–Crippen LogP) is 1.89. The molecule has 0 atom stereocenters. The highest BCUT2D eigenvalue weighted by atomic mass is 16.4. The van der Waals surface area contributed by atoms with Crippen molar-refractivity contribution in [1.82, 2.24) is 4.90 Å². The van der Waals surface area contributed by atoms with Crippen molar-refractivity contribution in [2.45, 2.75) is 45.4 Å². The molecule has 0 heterocycles. The van der Waals surface area contributed by atoms with Gasteiger partial charge in [-0.05, 0) is 6.42 Å². The van der Waals surface area contributed by atoms with Gasteiger partial charge in [-0.25, -0.2) is 0 Å². The van der Waals surface area contributed by atoms with Crippen LogP contribution in [0.5, 0.6) is 0 Å². The molecule has 0 radical (unpaired) electrons. The molecule has 0 saturated carbocycles. The molecule has 0 fully saturated rings. The van der Waals surface area contributed by atoms with E-state index in [0.29, 0.717) is 13.0 Å². The Bertz CT molecular complexity index is 204. The van der Waals surface area contributed by atoms with Crippen LogP contribution in [-0.4, -0.2) is 35.5 Å². The average molecular weight is 215 g/mol. The zero-order valence-electron chi connectivity index (χ0n) is 9.66. The Labute approximate surface area is 91.3 Å². The van der Waals surface area contributed by atoms with Gasteiger partial charge in [0.25, 0.3) is 0 Å². The summed E-state index contributed by atoms with van der Waals surface area (Å²) in [6.45, 7) is 2.43. The summed E-state index contributed by atoms with van der Waals surface area (Å²) >= 11 is 0. The van der Waals surface area contributed by atoms with E-state index in [9.17, 15) is 9.59 Å². The molecule has 4 heteroatoms. The minimum atomic E-state index is -0.861. The Morgan fingerprint density at radius 2 is 1.80 bits per heavy atom. The zero-order valence-corrected chi connectivity index (χ0v) is 9.66. The summed E-state index contributed by atoms with van der Waals surface area (Å²) in [6.07, 6.45) is 4.86. The first-order valence-electron chi connectivity index (χ1n) is 5.53. The quantitative estimate of drug-likeness (QED) is 0.629. The van der Waals surface area contributed by atoms with Gasteiger partial charge in [-0.1, -0.05) is 26.2 Å². The summed E-state index contributed by atoms with van der Waals surface area (Å²) in [5, 5.41) is 8.45. The number of unbranched alkanes of at least 4 members (excludes halogenated alkanes) is 3. The molecule has 0 saturated heterocycles. The maximum Gasteiger partial charge on any atom is 0.305 e. The number of rotatable bonds is 8. The van der Waals surface area contributed by atoms with Gasteiger partial charge in [-0.3, -0.25) is 9.59 Å². The highest BCUT2D eigenvalue weighted by Crippen LogP contribution is 2.04. The number of aliphatic carboxylic acids is 1. The Balaban J connectivity index is 3.55. The Kier molecular flexibility index (Phi) is 7.68. The first-order valence-corrected chi connectivity index (χ1v) is 5.53. The number of amides is 1. The van der Waals surface area contributed by atoms with Gasteiger partial charge >= 0.3 is 5.97 Å². The summed E-state index contributed by atoms with van der Waals surface area (Å²) in [5.41, 5.74) is 0. The van der Waals surface area contributed by atoms with Crippen LogP contribution < -0.4 is 0 Å². The van der Waals surface area contributed by atoms with Crippen LogP contribution in [0.15, 0.2) is 0 Å². The first-order chi connectivity index (χ1) is 7.07. The molecule has 0 spiro atoms. The summed E-state index contributed by atoms with van der Waals surface area (Å²) in [7, 11) is 1.66. The molecular weight excluding hydrogens is 194 g/mol. The van der Waals surface area contributed by atoms with E-state index in [0.717, 1.165) is 25.7 Å². The van der Waals surface area contributed by atoms with Gasteiger partial charge in [0.1, 0.15) is 0 Å². The maximum absolute atomic E-state index is 11.5. The van der Waals surface area contributed by atoms with Crippen LogP contribution in [0.2, 0.25) is 0 Å². The third-order valence-corrected chi connectivity index (χ3v) is 2.33. The smallest absolute Gasteiger partial charge is 0.305 e. The molecule has 0 unspecified atom stereocenters. The van der Waals surface area contributed by atoms with E-state index >= 15 is 0 Å². The van der Waals surface area contributed by atoms with Gasteiger partial charge in [0, 0.05) is 20.0 Å². The van der Waals surface area contributed by atoms with E-state index in [1.807, 2.05) is 0 Å². The van der Waals surface area contributed by atoms with Crippen molar-refractivity contribution in [3.8, 4) is 0 Å². The lowest BCUT2D eigenvalue weighted by atomic mass is 10.1. The first kappa shape index (κ1) is 13.9. The van der Waals surface area contributed by atoms with Crippen LogP contribution in [0.3, 0.4) is 0 Å².